The number of likely N-dealkylation sites (N-methyl/N-ethyl adjacent to an activating group) is 1. The zero-order valence-electron chi connectivity index (χ0n) is 12.9. The summed E-state index contributed by atoms with van der Waals surface area (Å²) in [5.41, 5.74) is 5.12. The molecule has 0 aromatic rings. The van der Waals surface area contributed by atoms with Gasteiger partial charge in [-0.15, -0.1) is 0 Å². The van der Waals surface area contributed by atoms with E-state index >= 15 is 0 Å². The molecule has 0 heterocycles. The van der Waals surface area contributed by atoms with Gasteiger partial charge in [0.1, 0.15) is 17.9 Å². The molecule has 11 heteroatoms. The van der Waals surface area contributed by atoms with Crippen LogP contribution in [-0.4, -0.2) is 63.9 Å². The Labute approximate surface area is 128 Å². The number of carbonyl (C=O) groups excluding carboxylic acids is 3. The second kappa shape index (κ2) is 8.23. The highest BCUT2D eigenvalue weighted by Gasteiger charge is 2.39. The van der Waals surface area contributed by atoms with Crippen molar-refractivity contribution in [3.8, 4) is 0 Å². The van der Waals surface area contributed by atoms with Crippen molar-refractivity contribution < 1.29 is 28.7 Å². The van der Waals surface area contributed by atoms with Gasteiger partial charge in [-0.25, -0.2) is 0 Å². The fraction of sp³-hybridized carbons (Fsp3) is 0.727. The average molecular weight is 338 g/mol. The van der Waals surface area contributed by atoms with Crippen LogP contribution in [0.3, 0.4) is 0 Å². The Morgan fingerprint density at radius 2 is 1.73 bits per heavy atom. The zero-order valence-corrected chi connectivity index (χ0v) is 13.8. The lowest BCUT2D eigenvalue weighted by Crippen LogP contribution is -2.56. The van der Waals surface area contributed by atoms with Crippen LogP contribution in [0.4, 0.5) is 0 Å². The molecule has 0 aliphatic rings. The molecule has 0 saturated heterocycles. The molecular weight excluding hydrogens is 315 g/mol. The second-order valence-electron chi connectivity index (χ2n) is 4.86. The lowest BCUT2D eigenvalue weighted by Gasteiger charge is -2.35. The van der Waals surface area contributed by atoms with E-state index in [-0.39, 0.29) is 6.54 Å². The van der Waals surface area contributed by atoms with Gasteiger partial charge in [0.25, 0.3) is 0 Å². The van der Waals surface area contributed by atoms with Crippen molar-refractivity contribution in [3.63, 3.8) is 0 Å². The van der Waals surface area contributed by atoms with Gasteiger partial charge in [-0.1, -0.05) is 0 Å². The van der Waals surface area contributed by atoms with Crippen molar-refractivity contribution in [1.29, 1.82) is 0 Å². The first-order valence-corrected chi connectivity index (χ1v) is 8.22. The third-order valence-electron chi connectivity index (χ3n) is 3.06. The third-order valence-corrected chi connectivity index (χ3v) is 4.28. The van der Waals surface area contributed by atoms with E-state index in [1.54, 1.807) is 7.05 Å². The van der Waals surface area contributed by atoms with E-state index < -0.39 is 43.2 Å². The predicted molar refractivity (Wildman–Crippen MR) is 78.5 cm³/mol. The summed E-state index contributed by atoms with van der Waals surface area (Å²) in [6.07, 6.45) is 0. The predicted octanol–water partition coefficient (Wildman–Crippen LogP) is -2.06. The first-order valence-electron chi connectivity index (χ1n) is 6.54. The van der Waals surface area contributed by atoms with Crippen LogP contribution in [0.25, 0.3) is 0 Å². The molecule has 0 saturated carbocycles. The summed E-state index contributed by atoms with van der Waals surface area (Å²) in [6.45, 7) is 3.69. The van der Waals surface area contributed by atoms with Gasteiger partial charge in [0.05, 0.1) is 6.54 Å². The number of carbonyl (C=O) groups is 3. The molecule has 22 heavy (non-hydrogen) atoms. The molecule has 128 valence electrons. The Bertz CT molecular complexity index is 479. The van der Waals surface area contributed by atoms with Crippen LogP contribution in [-0.2, 0) is 18.9 Å². The monoisotopic (exact) mass is 338 g/mol. The maximum Gasteiger partial charge on any atom is 0.347 e. The largest absolute Gasteiger partial charge is 0.368 e. The Morgan fingerprint density at radius 1 is 1.23 bits per heavy atom. The van der Waals surface area contributed by atoms with E-state index in [9.17, 15) is 28.7 Å². The normalized spacial score (nSPS) is 15.5. The van der Waals surface area contributed by atoms with Crippen LogP contribution < -0.4 is 16.4 Å². The van der Waals surface area contributed by atoms with E-state index in [2.05, 4.69) is 10.6 Å². The molecule has 0 spiro atoms. The quantitative estimate of drug-likeness (QED) is 0.318. The zero-order chi connectivity index (χ0) is 17.7. The minimum absolute atomic E-state index is 0.0307. The lowest BCUT2D eigenvalue weighted by atomic mass is 10.2. The van der Waals surface area contributed by atoms with E-state index in [1.165, 1.54) is 13.8 Å². The van der Waals surface area contributed by atoms with Crippen LogP contribution in [0.15, 0.2) is 0 Å². The number of primary amides is 1. The van der Waals surface area contributed by atoms with Gasteiger partial charge in [0, 0.05) is 0 Å². The van der Waals surface area contributed by atoms with Crippen molar-refractivity contribution in [2.24, 2.45) is 5.73 Å². The number of hydrogen-bond donors (Lipinski definition) is 5. The minimum atomic E-state index is -4.67. The summed E-state index contributed by atoms with van der Waals surface area (Å²) < 4.78 is 11.4. The van der Waals surface area contributed by atoms with Gasteiger partial charge in [0.2, 0.25) is 17.7 Å². The number of hydrogen-bond acceptors (Lipinski definition) is 5. The first kappa shape index (κ1) is 20.5. The van der Waals surface area contributed by atoms with Crippen LogP contribution in [0, 0.1) is 0 Å². The number of amides is 3. The van der Waals surface area contributed by atoms with Crippen LogP contribution in [0.5, 0.6) is 0 Å². The number of nitrogens with one attached hydrogen (secondary N) is 2. The SMILES string of the molecule is CNCC(=O)N[C@@H](C)C(=O)N([C@@H](C)C(N)=O)[C@H](C)P(=O)(O)O. The van der Waals surface area contributed by atoms with E-state index in [1.807, 2.05) is 0 Å². The topological polar surface area (TPSA) is 162 Å². The highest BCUT2D eigenvalue weighted by Crippen LogP contribution is 2.43. The molecule has 0 fully saturated rings. The van der Waals surface area contributed by atoms with Crippen molar-refractivity contribution in [2.45, 2.75) is 38.6 Å². The molecule has 0 aliphatic carbocycles. The number of rotatable bonds is 8. The molecule has 10 nitrogen and oxygen atoms in total. The van der Waals surface area contributed by atoms with E-state index in [0.717, 1.165) is 6.92 Å². The van der Waals surface area contributed by atoms with Gasteiger partial charge < -0.3 is 31.1 Å². The summed E-state index contributed by atoms with van der Waals surface area (Å²) >= 11 is 0. The maximum absolute atomic E-state index is 12.4. The molecule has 0 radical (unpaired) electrons. The molecule has 6 N–H and O–H groups in total. The summed E-state index contributed by atoms with van der Waals surface area (Å²) in [5.74, 6) is -3.75. The Hall–Kier alpha value is -1.48. The molecule has 0 aromatic carbocycles. The highest BCUT2D eigenvalue weighted by molar-refractivity contribution is 7.52. The molecule has 0 unspecified atom stereocenters. The molecule has 3 amide bonds. The van der Waals surface area contributed by atoms with Gasteiger partial charge in [-0.05, 0) is 27.8 Å². The smallest absolute Gasteiger partial charge is 0.347 e. The summed E-state index contributed by atoms with van der Waals surface area (Å²) in [4.78, 5) is 54.3. The summed E-state index contributed by atoms with van der Waals surface area (Å²) in [6, 6.07) is -2.31. The molecule has 0 aromatic heterocycles. The Morgan fingerprint density at radius 3 is 2.09 bits per heavy atom. The molecule has 0 bridgehead atoms. The van der Waals surface area contributed by atoms with Crippen LogP contribution in [0.1, 0.15) is 20.8 Å². The van der Waals surface area contributed by atoms with Gasteiger partial charge in [0.15, 0.2) is 0 Å². The summed E-state index contributed by atoms with van der Waals surface area (Å²) in [7, 11) is -3.13. The van der Waals surface area contributed by atoms with Crippen molar-refractivity contribution in [2.75, 3.05) is 13.6 Å². The van der Waals surface area contributed by atoms with Crippen molar-refractivity contribution >= 4 is 25.3 Å². The summed E-state index contributed by atoms with van der Waals surface area (Å²) in [5, 5.41) is 4.96. The van der Waals surface area contributed by atoms with Gasteiger partial charge >= 0.3 is 7.60 Å². The van der Waals surface area contributed by atoms with E-state index in [4.69, 9.17) is 5.73 Å². The van der Waals surface area contributed by atoms with Crippen molar-refractivity contribution in [3.05, 3.63) is 0 Å². The van der Waals surface area contributed by atoms with Gasteiger partial charge in [-0.3, -0.25) is 18.9 Å². The molecule has 0 aliphatic heterocycles. The average Bonchev–Trinajstić information content (AvgIpc) is 2.37. The molecular formula is C11H23N4O6P. The fourth-order valence-corrected chi connectivity index (χ4v) is 2.37. The minimum Gasteiger partial charge on any atom is -0.368 e. The van der Waals surface area contributed by atoms with Gasteiger partial charge in [-0.2, -0.15) is 0 Å². The Balaban J connectivity index is 5.33. The maximum atomic E-state index is 12.4. The lowest BCUT2D eigenvalue weighted by molar-refractivity contribution is -0.142. The fourth-order valence-electron chi connectivity index (χ4n) is 1.74. The van der Waals surface area contributed by atoms with Crippen LogP contribution in [0.2, 0.25) is 0 Å². The first-order chi connectivity index (χ1) is 9.93. The number of nitrogens with zero attached hydrogens (tertiary/aromatic N) is 1. The second-order valence-corrected chi connectivity index (χ2v) is 6.79. The molecule has 0 rings (SSSR count). The van der Waals surface area contributed by atoms with Crippen LogP contribution >= 0.6 is 7.60 Å². The highest BCUT2D eigenvalue weighted by atomic mass is 31.2. The van der Waals surface area contributed by atoms with E-state index in [0.29, 0.717) is 4.90 Å². The van der Waals surface area contributed by atoms with Crippen molar-refractivity contribution in [1.82, 2.24) is 15.5 Å². The Kier molecular flexibility index (Phi) is 7.68. The molecule has 3 atom stereocenters. The standard InChI is InChI=1S/C11H23N4O6P/c1-6(14-9(16)5-13-4)11(18)15(7(2)10(12)17)8(3)22(19,20)21/h6-8,13H,5H2,1-4H3,(H2,12,17)(H,14,16)(H2,19,20,21)/t6-,7-,8-/m0/s1. The third kappa shape index (κ3) is 5.72. The number of nitrogens with two attached hydrogens (primary N) is 1.